The summed E-state index contributed by atoms with van der Waals surface area (Å²) in [4.78, 5) is 0. The Kier molecular flexibility index (Phi) is 2.84. The van der Waals surface area contributed by atoms with Gasteiger partial charge in [0.25, 0.3) is 0 Å². The summed E-state index contributed by atoms with van der Waals surface area (Å²) in [6.45, 7) is 4.20. The molecule has 0 amide bonds. The summed E-state index contributed by atoms with van der Waals surface area (Å²) in [6, 6.07) is 19.9. The number of pyridine rings is 2. The quantitative estimate of drug-likeness (QED) is 0.422. The number of benzene rings is 2. The lowest BCUT2D eigenvalue weighted by atomic mass is 10.0. The molecular weight excluding hydrogens is 342 g/mol. The van der Waals surface area contributed by atoms with Crippen LogP contribution >= 0.6 is 11.6 Å². The summed E-state index contributed by atoms with van der Waals surface area (Å²) in [5.41, 5.74) is 3.03. The number of nitrogens with zero attached hydrogens (tertiary/aromatic N) is 3. The molecule has 0 fully saturated rings. The average molecular weight is 352 g/mol. The Labute approximate surface area is 153 Å². The fourth-order valence-electron chi connectivity index (χ4n) is 3.93. The second kappa shape index (κ2) is 4.99. The minimum Gasteiger partial charge on any atom is -0.308 e. The summed E-state index contributed by atoms with van der Waals surface area (Å²) in [6.07, 6.45) is 0. The molecule has 0 N–H and O–H groups in total. The SMILES string of the molecule is C=c1cc2c3ccccc3c3cc(=C(C#N)C#N)c4cc(Cl)cc1c4n23. The molecular formula is C22H10ClN3. The van der Waals surface area contributed by atoms with Crippen molar-refractivity contribution in [2.24, 2.45) is 0 Å². The van der Waals surface area contributed by atoms with Crippen LogP contribution in [0.25, 0.3) is 50.2 Å². The van der Waals surface area contributed by atoms with Crippen LogP contribution in [0.4, 0.5) is 0 Å². The third-order valence-electron chi connectivity index (χ3n) is 4.98. The van der Waals surface area contributed by atoms with Crippen molar-refractivity contribution in [2.45, 2.75) is 0 Å². The average Bonchev–Trinajstić information content (AvgIpc) is 2.96. The highest BCUT2D eigenvalue weighted by Crippen LogP contribution is 2.33. The molecule has 5 aromatic rings. The lowest BCUT2D eigenvalue weighted by molar-refractivity contribution is 1.32. The smallest absolute Gasteiger partial charge is 0.137 e. The minimum atomic E-state index is 0.0766. The van der Waals surface area contributed by atoms with Crippen LogP contribution in [-0.4, -0.2) is 4.40 Å². The van der Waals surface area contributed by atoms with Gasteiger partial charge in [-0.15, -0.1) is 0 Å². The van der Waals surface area contributed by atoms with Gasteiger partial charge < -0.3 is 4.40 Å². The van der Waals surface area contributed by atoms with Crippen LogP contribution in [-0.2, 0) is 0 Å². The van der Waals surface area contributed by atoms with E-state index in [0.717, 1.165) is 43.3 Å². The first-order valence-electron chi connectivity index (χ1n) is 8.05. The Morgan fingerprint density at radius 3 is 2.15 bits per heavy atom. The van der Waals surface area contributed by atoms with E-state index in [1.165, 1.54) is 0 Å². The van der Waals surface area contributed by atoms with Crippen molar-refractivity contribution in [3.05, 3.63) is 64.0 Å². The molecule has 0 bridgehead atoms. The van der Waals surface area contributed by atoms with Crippen LogP contribution in [0.1, 0.15) is 0 Å². The number of aromatic nitrogens is 1. The third kappa shape index (κ3) is 1.70. The maximum Gasteiger partial charge on any atom is 0.137 e. The molecule has 0 aliphatic rings. The van der Waals surface area contributed by atoms with Crippen molar-refractivity contribution in [1.29, 1.82) is 10.5 Å². The molecule has 0 saturated heterocycles. The van der Waals surface area contributed by atoms with Crippen LogP contribution in [0.3, 0.4) is 0 Å². The zero-order chi connectivity index (χ0) is 18.0. The van der Waals surface area contributed by atoms with Gasteiger partial charge in [-0.2, -0.15) is 10.5 Å². The summed E-state index contributed by atoms with van der Waals surface area (Å²) >= 11 is 6.34. The molecule has 0 unspecified atom stereocenters. The van der Waals surface area contributed by atoms with E-state index in [0.29, 0.717) is 10.2 Å². The Balaban J connectivity index is 2.32. The van der Waals surface area contributed by atoms with E-state index in [-0.39, 0.29) is 5.57 Å². The van der Waals surface area contributed by atoms with Gasteiger partial charge in [-0.05, 0) is 29.5 Å². The Morgan fingerprint density at radius 1 is 0.885 bits per heavy atom. The second-order valence-electron chi connectivity index (χ2n) is 6.33. The number of hydrogen-bond donors (Lipinski definition) is 0. The van der Waals surface area contributed by atoms with Gasteiger partial charge in [0, 0.05) is 31.8 Å². The van der Waals surface area contributed by atoms with Crippen molar-refractivity contribution in [3.8, 4) is 12.1 Å². The summed E-state index contributed by atoms with van der Waals surface area (Å²) in [5, 5.41) is 24.8. The molecule has 0 saturated carbocycles. The van der Waals surface area contributed by atoms with Gasteiger partial charge in [0.1, 0.15) is 17.7 Å². The van der Waals surface area contributed by atoms with Crippen molar-refractivity contribution in [1.82, 2.24) is 4.40 Å². The van der Waals surface area contributed by atoms with E-state index in [2.05, 4.69) is 29.2 Å². The number of rotatable bonds is 0. The normalized spacial score (nSPS) is 11.3. The summed E-state index contributed by atoms with van der Waals surface area (Å²) in [7, 11) is 0. The molecule has 0 aliphatic heterocycles. The number of hydrogen-bond acceptors (Lipinski definition) is 2. The molecule has 0 spiro atoms. The Bertz CT molecular complexity index is 1560. The van der Waals surface area contributed by atoms with Gasteiger partial charge in [0.2, 0.25) is 0 Å². The first-order chi connectivity index (χ1) is 12.6. The van der Waals surface area contributed by atoms with Gasteiger partial charge in [0.15, 0.2) is 0 Å². The van der Waals surface area contributed by atoms with Crippen LogP contribution in [0.2, 0.25) is 5.02 Å². The molecule has 4 heteroatoms. The largest absolute Gasteiger partial charge is 0.308 e. The standard InChI is InChI=1S/C22H10ClN3/c1-12-6-20-15-4-2-3-5-16(15)21-9-18(13(10-24)11-25)19-8-14(23)7-17(12)22(19)26(20)21/h2-9H,1H2. The second-order valence-corrected chi connectivity index (χ2v) is 6.76. The monoisotopic (exact) mass is 351 g/mol. The van der Waals surface area contributed by atoms with E-state index in [1.54, 1.807) is 0 Å². The number of fused-ring (bicyclic) bond motifs is 3. The first kappa shape index (κ1) is 14.8. The van der Waals surface area contributed by atoms with E-state index in [4.69, 9.17) is 11.6 Å². The zero-order valence-corrected chi connectivity index (χ0v) is 14.3. The highest BCUT2D eigenvalue weighted by atomic mass is 35.5. The molecule has 120 valence electrons. The van der Waals surface area contributed by atoms with Gasteiger partial charge in [0.05, 0.1) is 16.6 Å². The molecule has 3 heterocycles. The fraction of sp³-hybridized carbons (Fsp3) is 0. The van der Waals surface area contributed by atoms with Crippen LogP contribution < -0.4 is 10.4 Å². The predicted octanol–water partition coefficient (Wildman–Crippen LogP) is 4.10. The topological polar surface area (TPSA) is 52.0 Å². The van der Waals surface area contributed by atoms with Crippen molar-refractivity contribution in [3.63, 3.8) is 0 Å². The van der Waals surface area contributed by atoms with Crippen LogP contribution in [0, 0.1) is 22.7 Å². The van der Waals surface area contributed by atoms with Gasteiger partial charge in [-0.25, -0.2) is 0 Å². The molecule has 3 nitrogen and oxygen atoms in total. The maximum atomic E-state index is 9.46. The molecule has 0 aliphatic carbocycles. The third-order valence-corrected chi connectivity index (χ3v) is 5.20. The lowest BCUT2D eigenvalue weighted by Gasteiger charge is -2.11. The van der Waals surface area contributed by atoms with E-state index in [9.17, 15) is 10.5 Å². The van der Waals surface area contributed by atoms with E-state index < -0.39 is 0 Å². The van der Waals surface area contributed by atoms with Gasteiger partial charge >= 0.3 is 0 Å². The highest BCUT2D eigenvalue weighted by molar-refractivity contribution is 6.32. The highest BCUT2D eigenvalue weighted by Gasteiger charge is 2.16. The molecule has 0 atom stereocenters. The molecule has 2 aromatic carbocycles. The summed E-state index contributed by atoms with van der Waals surface area (Å²) < 4.78 is 2.18. The number of halogens is 1. The summed E-state index contributed by atoms with van der Waals surface area (Å²) in [5.74, 6) is 0. The predicted molar refractivity (Wildman–Crippen MR) is 106 cm³/mol. The Morgan fingerprint density at radius 2 is 1.50 bits per heavy atom. The minimum absolute atomic E-state index is 0.0766. The van der Waals surface area contributed by atoms with Gasteiger partial charge in [-0.1, -0.05) is 42.4 Å². The van der Waals surface area contributed by atoms with Crippen molar-refractivity contribution < 1.29 is 0 Å². The zero-order valence-electron chi connectivity index (χ0n) is 13.5. The fourth-order valence-corrected chi connectivity index (χ4v) is 4.14. The van der Waals surface area contributed by atoms with E-state index >= 15 is 0 Å². The number of nitriles is 2. The van der Waals surface area contributed by atoms with Crippen LogP contribution in [0.15, 0.2) is 48.5 Å². The van der Waals surface area contributed by atoms with Crippen LogP contribution in [0.5, 0.6) is 0 Å². The molecule has 5 rings (SSSR count). The molecule has 26 heavy (non-hydrogen) atoms. The maximum absolute atomic E-state index is 9.46. The Hall–Kier alpha value is -3.53. The van der Waals surface area contributed by atoms with E-state index in [1.807, 2.05) is 42.5 Å². The lowest BCUT2D eigenvalue weighted by Crippen LogP contribution is -2.13. The van der Waals surface area contributed by atoms with Gasteiger partial charge in [-0.3, -0.25) is 0 Å². The first-order valence-corrected chi connectivity index (χ1v) is 8.43. The molecule has 3 aromatic heterocycles. The van der Waals surface area contributed by atoms with Crippen molar-refractivity contribution in [2.75, 3.05) is 0 Å². The van der Waals surface area contributed by atoms with Crippen molar-refractivity contribution >= 4 is 61.8 Å². The molecule has 0 radical (unpaired) electrons.